The van der Waals surface area contributed by atoms with Crippen molar-refractivity contribution in [2.24, 2.45) is 5.92 Å². The topological polar surface area (TPSA) is 18.5 Å². The molecule has 0 fully saturated rings. The van der Waals surface area contributed by atoms with E-state index in [0.717, 1.165) is 32.1 Å². The molecule has 0 heterocycles. The van der Waals surface area contributed by atoms with Crippen molar-refractivity contribution in [3.63, 3.8) is 0 Å². The smallest absolute Gasteiger partial charge is 0.0231 e. The van der Waals surface area contributed by atoms with Crippen molar-refractivity contribution < 1.29 is 0 Å². The highest BCUT2D eigenvalue weighted by atomic mass is 15.2. The van der Waals surface area contributed by atoms with Gasteiger partial charge in [0.15, 0.2) is 0 Å². The van der Waals surface area contributed by atoms with Gasteiger partial charge in [0, 0.05) is 38.8 Å². The molecule has 0 aliphatic carbocycles. The fraction of sp³-hybridized carbons (Fsp3) is 0.824. The minimum atomic E-state index is 0.673. The number of unbranched alkanes of at least 4 members (excludes halogenated alkanes) is 7. The van der Waals surface area contributed by atoms with E-state index < -0.39 is 0 Å². The van der Waals surface area contributed by atoms with Gasteiger partial charge in [0.25, 0.3) is 0 Å². The van der Waals surface area contributed by atoms with E-state index in [2.05, 4.69) is 81.2 Å². The average Bonchev–Trinajstić information content (AvgIpc) is 2.90. The first kappa shape index (κ1) is 34.1. The summed E-state index contributed by atoms with van der Waals surface area (Å²) in [6.45, 7) is 14.8. The van der Waals surface area contributed by atoms with Crippen LogP contribution >= 0.6 is 0 Å². The first-order chi connectivity index (χ1) is 18.0. The number of benzene rings is 1. The zero-order valence-corrected chi connectivity index (χ0v) is 26.0. The molecule has 0 spiro atoms. The van der Waals surface area contributed by atoms with Crippen LogP contribution in [-0.4, -0.2) is 49.6 Å². The van der Waals surface area contributed by atoms with Gasteiger partial charge in [-0.05, 0) is 56.8 Å². The highest BCUT2D eigenvalue weighted by molar-refractivity contribution is 5.22. The molecule has 0 radical (unpaired) electrons. The molecule has 3 nitrogen and oxygen atoms in total. The summed E-state index contributed by atoms with van der Waals surface area (Å²) < 4.78 is 0. The predicted octanol–water partition coefficient (Wildman–Crippen LogP) is 9.06. The highest BCUT2D eigenvalue weighted by Crippen LogP contribution is 2.18. The lowest BCUT2D eigenvalue weighted by molar-refractivity contribution is 0.214. The molecule has 0 bridgehead atoms. The summed E-state index contributed by atoms with van der Waals surface area (Å²) in [5.74, 6) is 0.876. The van der Waals surface area contributed by atoms with Gasteiger partial charge in [0.1, 0.15) is 0 Å². The molecular weight excluding hydrogens is 450 g/mol. The van der Waals surface area contributed by atoms with E-state index in [-0.39, 0.29) is 0 Å². The molecule has 2 unspecified atom stereocenters. The lowest BCUT2D eigenvalue weighted by Gasteiger charge is -2.26. The Kier molecular flexibility index (Phi) is 21.2. The monoisotopic (exact) mass is 516 g/mol. The Morgan fingerprint density at radius 3 is 1.78 bits per heavy atom. The van der Waals surface area contributed by atoms with E-state index in [9.17, 15) is 0 Å². The third kappa shape index (κ3) is 18.1. The maximum Gasteiger partial charge on any atom is 0.0231 e. The van der Waals surface area contributed by atoms with Crippen molar-refractivity contribution in [2.75, 3.05) is 33.7 Å². The molecule has 216 valence electrons. The summed E-state index contributed by atoms with van der Waals surface area (Å²) in [5.41, 5.74) is 2.84. The van der Waals surface area contributed by atoms with Gasteiger partial charge in [-0.3, -0.25) is 0 Å². The number of nitrogens with zero attached hydrogens (tertiary/aromatic N) is 2. The third-order valence-electron chi connectivity index (χ3n) is 8.00. The second kappa shape index (κ2) is 23.0. The van der Waals surface area contributed by atoms with Crippen LogP contribution < -0.4 is 5.32 Å². The van der Waals surface area contributed by atoms with Crippen LogP contribution in [0.2, 0.25) is 0 Å². The molecule has 1 rings (SSSR count). The van der Waals surface area contributed by atoms with E-state index in [1.165, 1.54) is 114 Å². The third-order valence-corrected chi connectivity index (χ3v) is 8.00. The summed E-state index contributed by atoms with van der Waals surface area (Å²) in [5, 5.41) is 3.85. The first-order valence-corrected chi connectivity index (χ1v) is 16.2. The molecule has 0 aromatic heterocycles. The zero-order valence-electron chi connectivity index (χ0n) is 26.0. The van der Waals surface area contributed by atoms with Gasteiger partial charge < -0.3 is 15.1 Å². The summed E-state index contributed by atoms with van der Waals surface area (Å²) in [4.78, 5) is 5.07. The molecule has 0 aliphatic rings. The van der Waals surface area contributed by atoms with Crippen LogP contribution in [0.25, 0.3) is 0 Å². The Bertz CT molecular complexity index is 614. The van der Waals surface area contributed by atoms with Gasteiger partial charge in [-0.15, -0.1) is 0 Å². The Labute approximate surface area is 233 Å². The second-order valence-electron chi connectivity index (χ2n) is 11.9. The summed E-state index contributed by atoms with van der Waals surface area (Å²) in [6, 6.07) is 10.0. The predicted molar refractivity (Wildman–Crippen MR) is 166 cm³/mol. The molecular formula is C34H65N3. The number of hydrogen-bond donors (Lipinski definition) is 1. The SMILES string of the molecule is CCCCCCC(CCCC)CN(C)CCN(C)Cc1ccc(CNC(CCCC)CCCCC)cc1. The van der Waals surface area contributed by atoms with Crippen molar-refractivity contribution in [2.45, 2.75) is 143 Å². The minimum Gasteiger partial charge on any atom is -0.310 e. The lowest BCUT2D eigenvalue weighted by atomic mass is 9.94. The maximum atomic E-state index is 3.85. The van der Waals surface area contributed by atoms with Crippen molar-refractivity contribution in [3.05, 3.63) is 35.4 Å². The van der Waals surface area contributed by atoms with Crippen molar-refractivity contribution in [3.8, 4) is 0 Å². The van der Waals surface area contributed by atoms with E-state index >= 15 is 0 Å². The molecule has 0 saturated carbocycles. The molecule has 0 amide bonds. The summed E-state index contributed by atoms with van der Waals surface area (Å²) in [6.07, 6.45) is 20.4. The van der Waals surface area contributed by atoms with E-state index in [4.69, 9.17) is 0 Å². The molecule has 1 N–H and O–H groups in total. The van der Waals surface area contributed by atoms with Crippen molar-refractivity contribution in [1.82, 2.24) is 15.1 Å². The number of likely N-dealkylation sites (N-methyl/N-ethyl adjacent to an activating group) is 2. The zero-order chi connectivity index (χ0) is 27.1. The quantitative estimate of drug-likeness (QED) is 0.131. The molecule has 0 saturated heterocycles. The molecule has 2 atom stereocenters. The van der Waals surface area contributed by atoms with E-state index in [1.54, 1.807) is 0 Å². The Balaban J connectivity index is 2.40. The van der Waals surface area contributed by atoms with Gasteiger partial charge in [-0.1, -0.05) is 123 Å². The lowest BCUT2D eigenvalue weighted by Crippen LogP contribution is -2.33. The molecule has 3 heteroatoms. The van der Waals surface area contributed by atoms with Gasteiger partial charge in [-0.2, -0.15) is 0 Å². The van der Waals surface area contributed by atoms with Crippen LogP contribution in [0.15, 0.2) is 24.3 Å². The van der Waals surface area contributed by atoms with E-state index in [1.807, 2.05) is 0 Å². The Morgan fingerprint density at radius 1 is 0.595 bits per heavy atom. The summed E-state index contributed by atoms with van der Waals surface area (Å²) in [7, 11) is 4.61. The molecule has 37 heavy (non-hydrogen) atoms. The second-order valence-corrected chi connectivity index (χ2v) is 11.9. The fourth-order valence-corrected chi connectivity index (χ4v) is 5.41. The normalized spacial score (nSPS) is 13.5. The fourth-order valence-electron chi connectivity index (χ4n) is 5.41. The van der Waals surface area contributed by atoms with Crippen LogP contribution in [0, 0.1) is 5.92 Å². The molecule has 1 aromatic carbocycles. The molecule has 0 aliphatic heterocycles. The Hall–Kier alpha value is -0.900. The number of nitrogens with one attached hydrogen (secondary N) is 1. The van der Waals surface area contributed by atoms with E-state index in [0.29, 0.717) is 6.04 Å². The van der Waals surface area contributed by atoms with Crippen LogP contribution in [0.3, 0.4) is 0 Å². The first-order valence-electron chi connectivity index (χ1n) is 16.2. The minimum absolute atomic E-state index is 0.673. The van der Waals surface area contributed by atoms with Crippen molar-refractivity contribution in [1.29, 1.82) is 0 Å². The number of hydrogen-bond acceptors (Lipinski definition) is 3. The van der Waals surface area contributed by atoms with Crippen LogP contribution in [0.4, 0.5) is 0 Å². The Morgan fingerprint density at radius 2 is 1.11 bits per heavy atom. The van der Waals surface area contributed by atoms with Crippen LogP contribution in [0.5, 0.6) is 0 Å². The van der Waals surface area contributed by atoms with Gasteiger partial charge in [-0.25, -0.2) is 0 Å². The average molecular weight is 516 g/mol. The van der Waals surface area contributed by atoms with Gasteiger partial charge in [0.2, 0.25) is 0 Å². The largest absolute Gasteiger partial charge is 0.310 e. The highest BCUT2D eigenvalue weighted by Gasteiger charge is 2.12. The standard InChI is InChI=1S/C34H65N3/c1-7-11-15-17-19-32(18-13-9-3)29-36(5)26-27-37(6)30-33-24-22-31(23-25-33)28-35-34(20-14-10-4)21-16-12-8-2/h22-25,32,34-35H,7-21,26-30H2,1-6H3. The summed E-state index contributed by atoms with van der Waals surface area (Å²) >= 11 is 0. The van der Waals surface area contributed by atoms with Crippen molar-refractivity contribution >= 4 is 0 Å². The van der Waals surface area contributed by atoms with Crippen LogP contribution in [0.1, 0.15) is 135 Å². The maximum absolute atomic E-state index is 3.85. The number of rotatable bonds is 25. The van der Waals surface area contributed by atoms with Gasteiger partial charge in [0.05, 0.1) is 0 Å². The molecule has 1 aromatic rings. The van der Waals surface area contributed by atoms with Gasteiger partial charge >= 0.3 is 0 Å². The van der Waals surface area contributed by atoms with Crippen LogP contribution in [-0.2, 0) is 13.1 Å².